The number of aryl methyl sites for hydroxylation is 1. The molecule has 2 N–H and O–H groups in total. The molecular formula is C13H22N4O2S. The Bertz CT molecular complexity index is 544. The molecule has 0 bridgehead atoms. The van der Waals surface area contributed by atoms with Crippen molar-refractivity contribution < 1.29 is 8.42 Å². The number of nitrogens with two attached hydrogens (primary N) is 1. The van der Waals surface area contributed by atoms with Gasteiger partial charge in [0.05, 0.1) is 12.3 Å². The maximum Gasteiger partial charge on any atom is 0.211 e. The standard InChI is InChI=1S/C13H22N4O2S/c1-10-7-15-13(16-8-10)12(14)6-11-4-3-5-17(9-11)20(2,18)19/h7-8,11-12H,3-6,9,14H2,1-2H3. The molecule has 7 heteroatoms. The molecule has 6 nitrogen and oxygen atoms in total. The second-order valence-corrected chi connectivity index (χ2v) is 7.57. The van der Waals surface area contributed by atoms with Gasteiger partial charge >= 0.3 is 0 Å². The van der Waals surface area contributed by atoms with E-state index in [0.717, 1.165) is 24.8 Å². The Hall–Kier alpha value is -1.05. The average molecular weight is 298 g/mol. The minimum atomic E-state index is -3.10. The molecule has 0 saturated carbocycles. The van der Waals surface area contributed by atoms with E-state index in [0.29, 0.717) is 18.9 Å². The van der Waals surface area contributed by atoms with Crippen LogP contribution < -0.4 is 5.73 Å². The molecule has 20 heavy (non-hydrogen) atoms. The molecule has 2 atom stereocenters. The Morgan fingerprint density at radius 2 is 2.10 bits per heavy atom. The van der Waals surface area contributed by atoms with Gasteiger partial charge in [-0.15, -0.1) is 0 Å². The molecule has 2 rings (SSSR count). The van der Waals surface area contributed by atoms with Gasteiger partial charge in [0.1, 0.15) is 5.82 Å². The highest BCUT2D eigenvalue weighted by Gasteiger charge is 2.27. The van der Waals surface area contributed by atoms with Gasteiger partial charge < -0.3 is 5.73 Å². The zero-order chi connectivity index (χ0) is 14.8. The predicted octanol–water partition coefficient (Wildman–Crippen LogP) is 0.847. The molecule has 2 heterocycles. The van der Waals surface area contributed by atoms with Gasteiger partial charge in [0.2, 0.25) is 10.0 Å². The van der Waals surface area contributed by atoms with E-state index in [1.807, 2.05) is 6.92 Å². The summed E-state index contributed by atoms with van der Waals surface area (Å²) < 4.78 is 24.7. The van der Waals surface area contributed by atoms with Gasteiger partial charge in [-0.05, 0) is 37.7 Å². The van der Waals surface area contributed by atoms with Crippen molar-refractivity contribution in [3.05, 3.63) is 23.8 Å². The third kappa shape index (κ3) is 3.97. The summed E-state index contributed by atoms with van der Waals surface area (Å²) in [7, 11) is -3.10. The number of nitrogens with zero attached hydrogens (tertiary/aromatic N) is 3. The highest BCUT2D eigenvalue weighted by Crippen LogP contribution is 2.25. The fraction of sp³-hybridized carbons (Fsp3) is 0.692. The van der Waals surface area contributed by atoms with Crippen molar-refractivity contribution in [1.82, 2.24) is 14.3 Å². The van der Waals surface area contributed by atoms with Crippen LogP contribution in [0.15, 0.2) is 12.4 Å². The molecule has 112 valence electrons. The summed E-state index contributed by atoms with van der Waals surface area (Å²) >= 11 is 0. The minimum Gasteiger partial charge on any atom is -0.321 e. The van der Waals surface area contributed by atoms with Crippen molar-refractivity contribution in [3.63, 3.8) is 0 Å². The van der Waals surface area contributed by atoms with Gasteiger partial charge in [0.25, 0.3) is 0 Å². The summed E-state index contributed by atoms with van der Waals surface area (Å²) in [6, 6.07) is -0.236. The van der Waals surface area contributed by atoms with Crippen LogP contribution in [0.3, 0.4) is 0 Å². The monoisotopic (exact) mass is 298 g/mol. The summed E-state index contributed by atoms with van der Waals surface area (Å²) in [5, 5.41) is 0. The Morgan fingerprint density at radius 3 is 2.70 bits per heavy atom. The number of piperidine rings is 1. The van der Waals surface area contributed by atoms with Crippen LogP contribution in [0.5, 0.6) is 0 Å². The Labute approximate surface area is 120 Å². The van der Waals surface area contributed by atoms with Gasteiger partial charge in [0.15, 0.2) is 0 Å². The van der Waals surface area contributed by atoms with Crippen molar-refractivity contribution in [2.45, 2.75) is 32.2 Å². The third-order valence-corrected chi connectivity index (χ3v) is 4.94. The fourth-order valence-corrected chi connectivity index (χ4v) is 3.52. The van der Waals surface area contributed by atoms with E-state index in [1.165, 1.54) is 6.26 Å². The zero-order valence-electron chi connectivity index (χ0n) is 12.0. The van der Waals surface area contributed by atoms with Crippen molar-refractivity contribution in [1.29, 1.82) is 0 Å². The topological polar surface area (TPSA) is 89.2 Å². The number of hydrogen-bond acceptors (Lipinski definition) is 5. The van der Waals surface area contributed by atoms with Gasteiger partial charge in [-0.25, -0.2) is 22.7 Å². The number of rotatable bonds is 4. The molecule has 1 fully saturated rings. The first-order valence-electron chi connectivity index (χ1n) is 6.85. The molecule has 1 aliphatic rings. The van der Waals surface area contributed by atoms with E-state index >= 15 is 0 Å². The van der Waals surface area contributed by atoms with E-state index < -0.39 is 10.0 Å². The van der Waals surface area contributed by atoms with Crippen molar-refractivity contribution >= 4 is 10.0 Å². The quantitative estimate of drug-likeness (QED) is 0.890. The van der Waals surface area contributed by atoms with Gasteiger partial charge in [-0.2, -0.15) is 0 Å². The lowest BCUT2D eigenvalue weighted by Crippen LogP contribution is -2.40. The van der Waals surface area contributed by atoms with Crippen LogP contribution in [0, 0.1) is 12.8 Å². The van der Waals surface area contributed by atoms with E-state index in [1.54, 1.807) is 16.7 Å². The van der Waals surface area contributed by atoms with Gasteiger partial charge in [0, 0.05) is 25.5 Å². The second-order valence-electron chi connectivity index (χ2n) is 5.59. The van der Waals surface area contributed by atoms with Crippen LogP contribution in [0.1, 0.15) is 36.7 Å². The van der Waals surface area contributed by atoms with Crippen LogP contribution in [0.25, 0.3) is 0 Å². The van der Waals surface area contributed by atoms with Crippen LogP contribution >= 0.6 is 0 Å². The molecule has 1 aliphatic heterocycles. The van der Waals surface area contributed by atoms with E-state index in [4.69, 9.17) is 5.73 Å². The summed E-state index contributed by atoms with van der Waals surface area (Å²) in [5.74, 6) is 0.908. The molecule has 0 radical (unpaired) electrons. The van der Waals surface area contributed by atoms with Crippen LogP contribution in [-0.2, 0) is 10.0 Å². The normalized spacial score (nSPS) is 22.6. The van der Waals surface area contributed by atoms with E-state index in [-0.39, 0.29) is 12.0 Å². The summed E-state index contributed by atoms with van der Waals surface area (Å²) in [6.07, 6.45) is 7.38. The summed E-state index contributed by atoms with van der Waals surface area (Å²) in [6.45, 7) is 3.10. The lowest BCUT2D eigenvalue weighted by Gasteiger charge is -2.31. The molecule has 0 aliphatic carbocycles. The SMILES string of the molecule is Cc1cnc(C(N)CC2CCCN(S(C)(=O)=O)C2)nc1. The Kier molecular flexibility index (Phi) is 4.72. The number of sulfonamides is 1. The molecule has 1 saturated heterocycles. The van der Waals surface area contributed by atoms with Crippen molar-refractivity contribution in [2.24, 2.45) is 11.7 Å². The third-order valence-electron chi connectivity index (χ3n) is 3.67. The summed E-state index contributed by atoms with van der Waals surface area (Å²) in [4.78, 5) is 8.49. The zero-order valence-corrected chi connectivity index (χ0v) is 12.8. The highest BCUT2D eigenvalue weighted by atomic mass is 32.2. The molecule has 2 unspecified atom stereocenters. The number of aromatic nitrogens is 2. The maximum atomic E-state index is 11.6. The van der Waals surface area contributed by atoms with Crippen LogP contribution in [-0.4, -0.2) is 42.0 Å². The molecule has 1 aromatic rings. The molecule has 1 aromatic heterocycles. The second kappa shape index (κ2) is 6.15. The first-order valence-corrected chi connectivity index (χ1v) is 8.70. The fourth-order valence-electron chi connectivity index (χ4n) is 2.58. The van der Waals surface area contributed by atoms with Gasteiger partial charge in [-0.1, -0.05) is 0 Å². The first kappa shape index (κ1) is 15.3. The lowest BCUT2D eigenvalue weighted by molar-refractivity contribution is 0.245. The maximum absolute atomic E-state index is 11.6. The smallest absolute Gasteiger partial charge is 0.211 e. The van der Waals surface area contributed by atoms with Crippen molar-refractivity contribution in [2.75, 3.05) is 19.3 Å². The molecule has 0 aromatic carbocycles. The number of hydrogen-bond donors (Lipinski definition) is 1. The van der Waals surface area contributed by atoms with Crippen LogP contribution in [0.4, 0.5) is 0 Å². The average Bonchev–Trinajstić information content (AvgIpc) is 2.38. The highest BCUT2D eigenvalue weighted by molar-refractivity contribution is 7.88. The van der Waals surface area contributed by atoms with Gasteiger partial charge in [-0.3, -0.25) is 0 Å². The van der Waals surface area contributed by atoms with Crippen molar-refractivity contribution in [3.8, 4) is 0 Å². The molecular weight excluding hydrogens is 276 g/mol. The van der Waals surface area contributed by atoms with E-state index in [9.17, 15) is 8.42 Å². The lowest BCUT2D eigenvalue weighted by atomic mass is 9.92. The largest absolute Gasteiger partial charge is 0.321 e. The minimum absolute atomic E-state index is 0.236. The molecule has 0 amide bonds. The first-order chi connectivity index (χ1) is 9.36. The van der Waals surface area contributed by atoms with E-state index in [2.05, 4.69) is 9.97 Å². The summed E-state index contributed by atoms with van der Waals surface area (Å²) in [5.41, 5.74) is 7.14. The molecule has 0 spiro atoms. The Morgan fingerprint density at radius 1 is 1.45 bits per heavy atom. The Balaban J connectivity index is 1.97. The van der Waals surface area contributed by atoms with Crippen LogP contribution in [0.2, 0.25) is 0 Å². The predicted molar refractivity (Wildman–Crippen MR) is 77.5 cm³/mol.